The molecule has 1 amide bonds. The van der Waals surface area contributed by atoms with Gasteiger partial charge in [-0.05, 0) is 55.8 Å². The maximum Gasteiger partial charge on any atom is 0.220 e. The van der Waals surface area contributed by atoms with Gasteiger partial charge in [-0.2, -0.15) is 0 Å². The fourth-order valence-corrected chi connectivity index (χ4v) is 3.07. The quantitative estimate of drug-likeness (QED) is 0.937. The Morgan fingerprint density at radius 3 is 2.67 bits per heavy atom. The third-order valence-electron chi connectivity index (χ3n) is 4.43. The Morgan fingerprint density at radius 1 is 1.21 bits per heavy atom. The average molecular weight is 331 g/mol. The first-order valence-electron chi connectivity index (χ1n) is 7.94. The van der Waals surface area contributed by atoms with Gasteiger partial charge in [0.05, 0.1) is 0 Å². The number of nitrogens with two attached hydrogens (primary N) is 1. The van der Waals surface area contributed by atoms with E-state index >= 15 is 0 Å². The van der Waals surface area contributed by atoms with Gasteiger partial charge in [-0.25, -0.2) is 8.78 Å². The topological polar surface area (TPSA) is 59.2 Å². The molecule has 0 unspecified atom stereocenters. The van der Waals surface area contributed by atoms with Gasteiger partial charge in [0.1, 0.15) is 11.6 Å². The van der Waals surface area contributed by atoms with Crippen molar-refractivity contribution >= 4 is 5.91 Å². The Hall–Kier alpha value is -2.34. The zero-order chi connectivity index (χ0) is 17.1. The van der Waals surface area contributed by atoms with Crippen LogP contribution in [0.2, 0.25) is 0 Å². The minimum absolute atomic E-state index is 0.0490. The molecular weight excluding hydrogens is 312 g/mol. The zero-order valence-electron chi connectivity index (χ0n) is 13.2. The van der Waals surface area contributed by atoms with Crippen molar-refractivity contribution in [3.63, 3.8) is 0 Å². The largest absolute Gasteiger partial charge is 0.369 e. The molecule has 24 heavy (non-hydrogen) atoms. The molecule has 126 valence electrons. The van der Waals surface area contributed by atoms with Crippen molar-refractivity contribution in [2.24, 2.45) is 11.7 Å². The van der Waals surface area contributed by atoms with E-state index in [0.29, 0.717) is 12.1 Å². The summed E-state index contributed by atoms with van der Waals surface area (Å²) in [5.74, 6) is -1.24. The Bertz CT molecular complexity index is 743. The summed E-state index contributed by atoms with van der Waals surface area (Å²) >= 11 is 0. The SMILES string of the molecule is NC(=O)C1CCN(Cc2cncc(-c3cc(F)ccc3F)c2)CC1. The van der Waals surface area contributed by atoms with Gasteiger partial charge in [-0.1, -0.05) is 0 Å². The van der Waals surface area contributed by atoms with Crippen LogP contribution < -0.4 is 5.73 Å². The van der Waals surface area contributed by atoms with Crippen LogP contribution in [-0.2, 0) is 11.3 Å². The summed E-state index contributed by atoms with van der Waals surface area (Å²) < 4.78 is 27.3. The van der Waals surface area contributed by atoms with Crippen LogP contribution in [0.1, 0.15) is 18.4 Å². The molecule has 1 aliphatic rings. The van der Waals surface area contributed by atoms with Crippen LogP contribution >= 0.6 is 0 Å². The lowest BCUT2D eigenvalue weighted by molar-refractivity contribution is -0.123. The molecule has 0 atom stereocenters. The summed E-state index contributed by atoms with van der Waals surface area (Å²) in [4.78, 5) is 17.6. The molecule has 4 nitrogen and oxygen atoms in total. The second kappa shape index (κ2) is 7.05. The third-order valence-corrected chi connectivity index (χ3v) is 4.43. The molecule has 1 aliphatic heterocycles. The Balaban J connectivity index is 1.72. The summed E-state index contributed by atoms with van der Waals surface area (Å²) in [5.41, 5.74) is 7.02. The number of amides is 1. The number of piperidine rings is 1. The van der Waals surface area contributed by atoms with Gasteiger partial charge >= 0.3 is 0 Å². The smallest absolute Gasteiger partial charge is 0.220 e. The predicted molar refractivity (Wildman–Crippen MR) is 86.8 cm³/mol. The molecule has 0 radical (unpaired) electrons. The van der Waals surface area contributed by atoms with E-state index in [1.165, 1.54) is 12.3 Å². The van der Waals surface area contributed by atoms with Crippen LogP contribution in [0, 0.1) is 17.6 Å². The van der Waals surface area contributed by atoms with Crippen molar-refractivity contribution in [1.29, 1.82) is 0 Å². The van der Waals surface area contributed by atoms with Crippen molar-refractivity contribution in [1.82, 2.24) is 9.88 Å². The third kappa shape index (κ3) is 3.76. The Kier molecular flexibility index (Phi) is 4.85. The van der Waals surface area contributed by atoms with Gasteiger partial charge in [0.2, 0.25) is 5.91 Å². The normalized spacial score (nSPS) is 16.2. The molecule has 0 spiro atoms. The van der Waals surface area contributed by atoms with E-state index in [9.17, 15) is 13.6 Å². The molecule has 1 saturated heterocycles. The molecular formula is C18H19F2N3O. The second-order valence-electron chi connectivity index (χ2n) is 6.16. The highest BCUT2D eigenvalue weighted by Gasteiger charge is 2.23. The monoisotopic (exact) mass is 331 g/mol. The van der Waals surface area contributed by atoms with Gasteiger partial charge in [-0.3, -0.25) is 14.7 Å². The van der Waals surface area contributed by atoms with Gasteiger partial charge in [-0.15, -0.1) is 0 Å². The first-order valence-corrected chi connectivity index (χ1v) is 7.94. The number of halogens is 2. The minimum Gasteiger partial charge on any atom is -0.369 e. The lowest BCUT2D eigenvalue weighted by Gasteiger charge is -2.30. The lowest BCUT2D eigenvalue weighted by Crippen LogP contribution is -2.38. The van der Waals surface area contributed by atoms with Gasteiger partial charge in [0.25, 0.3) is 0 Å². The zero-order valence-corrected chi connectivity index (χ0v) is 13.2. The lowest BCUT2D eigenvalue weighted by atomic mass is 9.96. The molecule has 1 aromatic carbocycles. The highest BCUT2D eigenvalue weighted by molar-refractivity contribution is 5.76. The second-order valence-corrected chi connectivity index (χ2v) is 6.16. The number of benzene rings is 1. The van der Waals surface area contributed by atoms with Crippen LogP contribution in [0.5, 0.6) is 0 Å². The predicted octanol–water partition coefficient (Wildman–Crippen LogP) is 2.72. The van der Waals surface area contributed by atoms with Crippen LogP contribution in [0.25, 0.3) is 11.1 Å². The van der Waals surface area contributed by atoms with E-state index in [0.717, 1.165) is 43.6 Å². The maximum atomic E-state index is 13.9. The molecule has 1 aromatic heterocycles. The molecule has 0 saturated carbocycles. The molecule has 3 rings (SSSR count). The Labute approximate surface area is 139 Å². The number of hydrogen-bond donors (Lipinski definition) is 1. The van der Waals surface area contributed by atoms with E-state index in [1.54, 1.807) is 6.20 Å². The molecule has 6 heteroatoms. The van der Waals surface area contributed by atoms with Crippen LogP contribution in [0.15, 0.2) is 36.7 Å². The number of hydrogen-bond acceptors (Lipinski definition) is 3. The average Bonchev–Trinajstić information content (AvgIpc) is 2.58. The summed E-state index contributed by atoms with van der Waals surface area (Å²) in [7, 11) is 0. The number of rotatable bonds is 4. The molecule has 2 N–H and O–H groups in total. The number of carbonyl (C=O) groups excluding carboxylic acids is 1. The van der Waals surface area contributed by atoms with Crippen molar-refractivity contribution in [2.75, 3.05) is 13.1 Å². The first-order chi connectivity index (χ1) is 11.5. The van der Waals surface area contributed by atoms with Crippen molar-refractivity contribution in [3.05, 3.63) is 53.9 Å². The summed E-state index contributed by atoms with van der Waals surface area (Å²) in [5, 5.41) is 0. The number of likely N-dealkylation sites (tertiary alicyclic amines) is 1. The van der Waals surface area contributed by atoms with Crippen molar-refractivity contribution < 1.29 is 13.6 Å². The molecule has 2 heterocycles. The molecule has 1 fully saturated rings. The van der Waals surface area contributed by atoms with E-state index in [2.05, 4.69) is 9.88 Å². The van der Waals surface area contributed by atoms with Crippen LogP contribution in [0.4, 0.5) is 8.78 Å². The van der Waals surface area contributed by atoms with Gasteiger partial charge in [0.15, 0.2) is 0 Å². The van der Waals surface area contributed by atoms with E-state index in [4.69, 9.17) is 5.73 Å². The maximum absolute atomic E-state index is 13.9. The fourth-order valence-electron chi connectivity index (χ4n) is 3.07. The fraction of sp³-hybridized carbons (Fsp3) is 0.333. The van der Waals surface area contributed by atoms with Crippen molar-refractivity contribution in [2.45, 2.75) is 19.4 Å². The number of aromatic nitrogens is 1. The Morgan fingerprint density at radius 2 is 1.96 bits per heavy atom. The van der Waals surface area contributed by atoms with Gasteiger partial charge < -0.3 is 5.73 Å². The van der Waals surface area contributed by atoms with E-state index < -0.39 is 11.6 Å². The summed E-state index contributed by atoms with van der Waals surface area (Å²) in [6.45, 7) is 2.22. The molecule has 0 bridgehead atoms. The van der Waals surface area contributed by atoms with E-state index in [-0.39, 0.29) is 17.4 Å². The highest BCUT2D eigenvalue weighted by Crippen LogP contribution is 2.25. The first kappa shape index (κ1) is 16.5. The van der Waals surface area contributed by atoms with Crippen LogP contribution in [0.3, 0.4) is 0 Å². The molecule has 2 aromatic rings. The summed E-state index contributed by atoms with van der Waals surface area (Å²) in [6, 6.07) is 5.21. The van der Waals surface area contributed by atoms with Crippen LogP contribution in [-0.4, -0.2) is 28.9 Å². The number of carbonyl (C=O) groups is 1. The number of nitrogens with zero attached hydrogens (tertiary/aromatic N) is 2. The van der Waals surface area contributed by atoms with Crippen molar-refractivity contribution in [3.8, 4) is 11.1 Å². The number of primary amides is 1. The van der Waals surface area contributed by atoms with E-state index in [1.807, 2.05) is 6.07 Å². The number of pyridine rings is 1. The highest BCUT2D eigenvalue weighted by atomic mass is 19.1. The van der Waals surface area contributed by atoms with Gasteiger partial charge in [0, 0.05) is 36.0 Å². The molecule has 0 aliphatic carbocycles. The minimum atomic E-state index is -0.481. The standard InChI is InChI=1S/C18H19F2N3O/c19-15-1-2-17(20)16(8-15)14-7-12(9-22-10-14)11-23-5-3-13(4-6-23)18(21)24/h1-2,7-10,13H,3-6,11H2,(H2,21,24). The summed E-state index contributed by atoms with van der Waals surface area (Å²) in [6.07, 6.45) is 4.75.